The first-order chi connectivity index (χ1) is 22.2. The number of rotatable bonds is 17. The Balaban J connectivity index is 1.83. The fourth-order valence-electron chi connectivity index (χ4n) is 4.78. The zero-order chi connectivity index (χ0) is 33.4. The second kappa shape index (κ2) is 18.8. The van der Waals surface area contributed by atoms with Gasteiger partial charge in [0.25, 0.3) is 0 Å². The topological polar surface area (TPSA) is 154 Å². The quantitative estimate of drug-likeness (QED) is 0.145. The van der Waals surface area contributed by atoms with Gasteiger partial charge in [-0.3, -0.25) is 24.0 Å². The molecule has 46 heavy (non-hydrogen) atoms. The first-order valence-electron chi connectivity index (χ1n) is 15.1. The molecule has 0 saturated heterocycles. The van der Waals surface area contributed by atoms with E-state index in [0.29, 0.717) is 0 Å². The molecule has 0 aliphatic heterocycles. The van der Waals surface area contributed by atoms with Gasteiger partial charge in [0.2, 0.25) is 16.9 Å². The van der Waals surface area contributed by atoms with Crippen LogP contribution in [-0.2, 0) is 33.4 Å². The average Bonchev–Trinajstić information content (AvgIpc) is 3.08. The Kier molecular flexibility index (Phi) is 14.9. The van der Waals surface area contributed by atoms with Gasteiger partial charge in [0, 0.05) is 12.2 Å². The van der Waals surface area contributed by atoms with Gasteiger partial charge in [0.05, 0.1) is 13.2 Å². The highest BCUT2D eigenvalue weighted by molar-refractivity contribution is 8.15. The van der Waals surface area contributed by atoms with Crippen molar-refractivity contribution in [3.8, 4) is 0 Å². The lowest BCUT2D eigenvalue weighted by atomic mass is 10.1. The fraction of sp³-hybridized carbons (Fsp3) is 0.324. The van der Waals surface area contributed by atoms with E-state index < -0.39 is 49.6 Å². The molecular weight excluding hydrogens is 625 g/mol. The molecule has 3 rings (SSSR count). The van der Waals surface area contributed by atoms with Crippen molar-refractivity contribution in [3.63, 3.8) is 0 Å². The number of hydrogen-bond acceptors (Lipinski definition) is 9. The Morgan fingerprint density at radius 3 is 1.76 bits per heavy atom. The number of hydrogen-bond donors (Lipinski definition) is 3. The van der Waals surface area contributed by atoms with E-state index in [1.54, 1.807) is 13.8 Å². The van der Waals surface area contributed by atoms with Crippen LogP contribution < -0.4 is 32.3 Å². The lowest BCUT2D eigenvalue weighted by molar-refractivity contribution is -0.145. The predicted molar refractivity (Wildman–Crippen MR) is 183 cm³/mol. The van der Waals surface area contributed by atoms with E-state index in [0.717, 1.165) is 27.7 Å². The van der Waals surface area contributed by atoms with E-state index in [2.05, 4.69) is 10.6 Å². The van der Waals surface area contributed by atoms with Crippen LogP contribution in [0.5, 0.6) is 0 Å². The molecule has 0 aliphatic rings. The molecule has 0 aliphatic carbocycles. The molecule has 3 aromatic carbocycles. The number of ether oxygens (including phenoxy) is 2. The number of nitrogens with one attached hydrogen (secondary N) is 2. The van der Waals surface area contributed by atoms with Crippen LogP contribution in [0.2, 0.25) is 0 Å². The Morgan fingerprint density at radius 2 is 1.28 bits per heavy atom. The van der Waals surface area contributed by atoms with Gasteiger partial charge >= 0.3 is 11.9 Å². The number of carbonyl (C=O) groups excluding carboxylic acids is 5. The van der Waals surface area contributed by atoms with Crippen molar-refractivity contribution in [2.45, 2.75) is 38.8 Å². The number of carbonyl (C=O) groups is 5. The third-order valence-electron chi connectivity index (χ3n) is 7.00. The number of benzene rings is 3. The number of esters is 2. The van der Waals surface area contributed by atoms with Gasteiger partial charge in [-0.1, -0.05) is 66.4 Å². The van der Waals surface area contributed by atoms with Crippen LogP contribution in [0.3, 0.4) is 0 Å². The summed E-state index contributed by atoms with van der Waals surface area (Å²) in [5.41, 5.74) is 5.82. The summed E-state index contributed by atoms with van der Waals surface area (Å²) in [5, 5.41) is 8.07. The molecule has 0 radical (unpaired) electrons. The van der Waals surface area contributed by atoms with E-state index in [-0.39, 0.29) is 43.1 Å². The van der Waals surface area contributed by atoms with E-state index in [4.69, 9.17) is 15.2 Å². The molecule has 0 spiro atoms. The molecule has 2 amide bonds. The Labute approximate surface area is 274 Å². The van der Waals surface area contributed by atoms with Gasteiger partial charge in [-0.2, -0.15) is 0 Å². The summed E-state index contributed by atoms with van der Waals surface area (Å²) in [6, 6.07) is 27.7. The first kappa shape index (κ1) is 36.4. The highest BCUT2D eigenvalue weighted by atomic mass is 32.2. The average molecular weight is 667 g/mol. The van der Waals surface area contributed by atoms with E-state index in [1.165, 1.54) is 0 Å². The third kappa shape index (κ3) is 10.5. The maximum atomic E-state index is 13.9. The first-order valence-corrected chi connectivity index (χ1v) is 18.0. The maximum absolute atomic E-state index is 13.9. The Hall–Kier alpha value is -4.05. The van der Waals surface area contributed by atoms with Crippen LogP contribution in [-0.4, -0.2) is 72.6 Å². The second-order valence-corrected chi connectivity index (χ2v) is 14.8. The fourth-order valence-corrected chi connectivity index (χ4v) is 10.2. The van der Waals surface area contributed by atoms with Crippen LogP contribution in [0.1, 0.15) is 26.7 Å². The van der Waals surface area contributed by atoms with Gasteiger partial charge < -0.3 is 25.8 Å². The van der Waals surface area contributed by atoms with Crippen LogP contribution in [0.15, 0.2) is 91.0 Å². The molecule has 12 heteroatoms. The van der Waals surface area contributed by atoms with Crippen LogP contribution in [0.4, 0.5) is 0 Å². The molecule has 0 aromatic heterocycles. The van der Waals surface area contributed by atoms with Crippen molar-refractivity contribution in [2.75, 3.05) is 31.7 Å². The lowest BCUT2D eigenvalue weighted by Gasteiger charge is -2.27. The molecule has 2 atom stereocenters. The summed E-state index contributed by atoms with van der Waals surface area (Å²) in [4.78, 5) is 63.6. The van der Waals surface area contributed by atoms with Crippen molar-refractivity contribution >= 4 is 63.8 Å². The standard InChI is InChI=1S/C34H40N3O7PS/c1-3-43-31(39)22-36-33(41)29(37-30(38)21-20-28(35)34(42)44-4-2)24-46-32(40)23-45(25-14-8-5-9-15-25,26-16-10-6-11-17-26)27-18-12-7-13-19-27/h5-19,28-29H,3-4,20-24,35H2,1-2H3,(H-,36,37,38,41)/p+1. The third-order valence-corrected chi connectivity index (χ3v) is 12.5. The Bertz CT molecular complexity index is 1350. The number of thioether (sulfide) groups is 1. The zero-order valence-corrected chi connectivity index (χ0v) is 27.8. The largest absolute Gasteiger partial charge is 0.465 e. The van der Waals surface area contributed by atoms with Gasteiger partial charge in [-0.05, 0) is 56.7 Å². The van der Waals surface area contributed by atoms with Crippen LogP contribution in [0, 0.1) is 0 Å². The van der Waals surface area contributed by atoms with Gasteiger partial charge in [-0.15, -0.1) is 0 Å². The molecule has 2 unspecified atom stereocenters. The van der Waals surface area contributed by atoms with Crippen LogP contribution in [0.25, 0.3) is 0 Å². The molecule has 0 fully saturated rings. The predicted octanol–water partition coefficient (Wildman–Crippen LogP) is 2.08. The summed E-state index contributed by atoms with van der Waals surface area (Å²) in [6.07, 6.45) is 0.0340. The number of amides is 2. The minimum atomic E-state index is -2.47. The molecular formula is C34H41N3O7PS+. The lowest BCUT2D eigenvalue weighted by Crippen LogP contribution is -2.50. The number of nitrogens with two attached hydrogens (primary N) is 1. The van der Waals surface area contributed by atoms with Crippen molar-refractivity contribution in [1.29, 1.82) is 0 Å². The van der Waals surface area contributed by atoms with Gasteiger partial charge in [-0.25, -0.2) is 0 Å². The minimum absolute atomic E-state index is 0.00608. The van der Waals surface area contributed by atoms with Crippen molar-refractivity contribution < 1.29 is 33.4 Å². The van der Waals surface area contributed by atoms with Crippen molar-refractivity contribution in [1.82, 2.24) is 10.6 Å². The van der Waals surface area contributed by atoms with Crippen molar-refractivity contribution in [3.05, 3.63) is 91.0 Å². The molecule has 0 saturated carbocycles. The molecule has 0 bridgehead atoms. The minimum Gasteiger partial charge on any atom is -0.465 e. The molecule has 0 heterocycles. The molecule has 10 nitrogen and oxygen atoms in total. The highest BCUT2D eigenvalue weighted by Gasteiger charge is 2.47. The summed E-state index contributed by atoms with van der Waals surface area (Å²) in [6.45, 7) is 3.22. The summed E-state index contributed by atoms with van der Waals surface area (Å²) in [7, 11) is -2.47. The Morgan fingerprint density at radius 1 is 0.783 bits per heavy atom. The summed E-state index contributed by atoms with van der Waals surface area (Å²) < 4.78 is 9.77. The molecule has 4 N–H and O–H groups in total. The normalized spacial score (nSPS) is 12.3. The smallest absolute Gasteiger partial charge is 0.325 e. The van der Waals surface area contributed by atoms with E-state index in [9.17, 15) is 24.0 Å². The molecule has 244 valence electrons. The van der Waals surface area contributed by atoms with Gasteiger partial charge in [0.15, 0.2) is 0 Å². The maximum Gasteiger partial charge on any atom is 0.325 e. The SMILES string of the molecule is CCOC(=O)CNC(=O)C(CSC(=O)C[P+](c1ccccc1)(c1ccccc1)c1ccccc1)NC(=O)CCC(N)C(=O)OCC. The highest BCUT2D eigenvalue weighted by Crippen LogP contribution is 2.55. The monoisotopic (exact) mass is 666 g/mol. The zero-order valence-electron chi connectivity index (χ0n) is 26.1. The van der Waals surface area contributed by atoms with E-state index >= 15 is 0 Å². The second-order valence-electron chi connectivity index (χ2n) is 10.2. The van der Waals surface area contributed by atoms with Crippen molar-refractivity contribution in [2.24, 2.45) is 5.73 Å². The van der Waals surface area contributed by atoms with Gasteiger partial charge in [0.1, 0.15) is 48.0 Å². The summed E-state index contributed by atoms with van der Waals surface area (Å²) in [5.74, 6) is -2.52. The van der Waals surface area contributed by atoms with Crippen LogP contribution >= 0.6 is 19.0 Å². The van der Waals surface area contributed by atoms with E-state index in [1.807, 2.05) is 91.0 Å². The summed E-state index contributed by atoms with van der Waals surface area (Å²) >= 11 is 0.944. The molecule has 3 aromatic rings.